The van der Waals surface area contributed by atoms with Gasteiger partial charge in [-0.25, -0.2) is 54.2 Å². The van der Waals surface area contributed by atoms with E-state index < -0.39 is 41.2 Å². The van der Waals surface area contributed by atoms with Crippen molar-refractivity contribution in [2.24, 2.45) is 20.6 Å². The van der Waals surface area contributed by atoms with Crippen molar-refractivity contribution in [1.29, 1.82) is 0 Å². The Morgan fingerprint density at radius 2 is 0.455 bits per heavy atom. The Morgan fingerprint density at radius 3 is 0.455 bits per heavy atom. The summed E-state index contributed by atoms with van der Waals surface area (Å²) in [6.45, 7) is 0. The molecule has 0 fully saturated rings. The van der Waals surface area contributed by atoms with E-state index >= 15 is 0 Å². The fourth-order valence-electron chi connectivity index (χ4n) is 0. The molecule has 142 valence electrons. The molecule has 0 rings (SSSR count). The molecule has 16 nitrogen and oxygen atoms in total. The van der Waals surface area contributed by atoms with Gasteiger partial charge in [-0.15, -0.1) is 0 Å². The van der Waals surface area contributed by atoms with E-state index in [1.165, 1.54) is 0 Å². The van der Waals surface area contributed by atoms with E-state index in [9.17, 15) is 0 Å². The van der Waals surface area contributed by atoms with Gasteiger partial charge in [0.2, 0.25) is 0 Å². The Hall–Kier alpha value is 0.493. The second-order valence-corrected chi connectivity index (χ2v) is 5.91. The van der Waals surface area contributed by atoms with Crippen LogP contribution in [0, 0.1) is 0 Å². The van der Waals surface area contributed by atoms with Gasteiger partial charge in [0.05, 0.1) is 0 Å². The van der Waals surface area contributed by atoms with Crippen LogP contribution in [0.2, 0.25) is 0 Å². The van der Waals surface area contributed by atoms with Gasteiger partial charge < -0.3 is 18.2 Å². The molecule has 0 aliphatic carbocycles. The predicted octanol–water partition coefficient (Wildman–Crippen LogP) is -6.38. The summed E-state index contributed by atoms with van der Waals surface area (Å²) in [6, 6.07) is 0. The number of hydrogen-bond donors (Lipinski definition) is 4. The molecule has 0 amide bonds. The normalized spacial score (nSPS) is 10.5. The van der Waals surface area contributed by atoms with Crippen molar-refractivity contribution >= 4 is 41.2 Å². The summed E-state index contributed by atoms with van der Waals surface area (Å²) >= 11 is 0. The fourth-order valence-corrected chi connectivity index (χ4v) is 0. The molecule has 0 saturated heterocycles. The van der Waals surface area contributed by atoms with Gasteiger partial charge in [0.15, 0.2) is 41.2 Å². The second-order valence-electron chi connectivity index (χ2n) is 1.97. The third-order valence-electron chi connectivity index (χ3n) is 0. The maximum absolute atomic E-state index is 8.85. The van der Waals surface area contributed by atoms with Crippen molar-refractivity contribution in [3.63, 3.8) is 0 Å². The first kappa shape index (κ1) is 38.2. The van der Waals surface area contributed by atoms with E-state index in [1.54, 1.807) is 0 Å². The Morgan fingerprint density at radius 1 is 0.455 bits per heavy atom. The van der Waals surface area contributed by atoms with Crippen molar-refractivity contribution < 1.29 is 85.4 Å². The number of rotatable bonds is 0. The van der Waals surface area contributed by atoms with E-state index in [1.807, 2.05) is 0 Å². The van der Waals surface area contributed by atoms with E-state index in [-0.39, 0.29) is 33.6 Å². The molecule has 0 aromatic carbocycles. The van der Waals surface area contributed by atoms with Crippen molar-refractivity contribution in [2.45, 2.75) is 0 Å². The molecule has 0 aliphatic rings. The zero-order valence-corrected chi connectivity index (χ0v) is 14.9. The third kappa shape index (κ3) is 32000. The van der Waals surface area contributed by atoms with Gasteiger partial charge in [0.1, 0.15) is 0 Å². The predicted molar refractivity (Wildman–Crippen MR) is 55.5 cm³/mol. The zero-order chi connectivity index (χ0) is 18.0. The van der Waals surface area contributed by atoms with Gasteiger partial charge in [0, 0.05) is 0 Å². The average Bonchev–Trinajstić information content (AvgIpc) is 1.62. The van der Waals surface area contributed by atoms with Crippen LogP contribution >= 0.6 is 0 Å². The van der Waals surface area contributed by atoms with Gasteiger partial charge in [0.25, 0.3) is 0 Å². The molecule has 0 saturated carbocycles. The van der Waals surface area contributed by atoms with Crippen molar-refractivity contribution in [1.82, 2.24) is 0 Å². The molecule has 22 heavy (non-hydrogen) atoms. The molecule has 0 atom stereocenters. The van der Waals surface area contributed by atoms with E-state index in [0.717, 1.165) is 0 Å². The summed E-state index contributed by atoms with van der Waals surface area (Å²) in [5.74, 6) is 0. The Bertz CT molecular complexity index is 492. The maximum Gasteiger partial charge on any atom is 2.00 e. The van der Waals surface area contributed by atoms with Gasteiger partial charge >= 0.3 is 33.6 Å². The van der Waals surface area contributed by atoms with E-state index in [2.05, 4.69) is 20.6 Å². The smallest absolute Gasteiger partial charge is 0.736 e. The second kappa shape index (κ2) is 15.0. The minimum atomic E-state index is -4.42. The van der Waals surface area contributed by atoms with E-state index in [0.29, 0.717) is 0 Å². The molecule has 0 spiro atoms. The van der Waals surface area contributed by atoms with Crippen LogP contribution in [0.1, 0.15) is 0 Å². The summed E-state index contributed by atoms with van der Waals surface area (Å²) in [5.41, 5.74) is 0. The van der Waals surface area contributed by atoms with Crippen LogP contribution in [0.4, 0.5) is 0 Å². The van der Waals surface area contributed by atoms with Crippen molar-refractivity contribution in [3.8, 4) is 0 Å². The Kier molecular flexibility index (Phi) is 26.1. The molecule has 0 heterocycles. The summed E-state index contributed by atoms with van der Waals surface area (Å²) in [5, 5.41) is 15.1. The van der Waals surface area contributed by atoms with Crippen LogP contribution in [-0.4, -0.2) is 51.9 Å². The molecular weight excluding hydrogens is 491 g/mol. The average molecular weight is 499 g/mol. The van der Waals surface area contributed by atoms with Gasteiger partial charge in [-0.3, -0.25) is 0 Å². The van der Waals surface area contributed by atoms with Crippen LogP contribution in [0.15, 0.2) is 0 Å². The first-order chi connectivity index (χ1) is 8.00. The topological polar surface area (TPSA) is 333 Å². The SMILES string of the molecule is NS(=O)(=O)[O-].NS(=O)(=O)[O-].NS(=O)(=O)[O-].NS(=O)(=O)[O-].[Fe+2].[Ni+2]. The van der Waals surface area contributed by atoms with Crippen LogP contribution in [-0.2, 0) is 74.8 Å². The molecule has 0 aliphatic heterocycles. The molecule has 0 unspecified atom stereocenters. The maximum atomic E-state index is 8.85. The quantitative estimate of drug-likeness (QED) is 0.179. The van der Waals surface area contributed by atoms with Crippen LogP contribution in [0.25, 0.3) is 0 Å². The molecule has 0 aromatic rings. The summed E-state index contributed by atoms with van der Waals surface area (Å²) < 4.78 is 106. The largest absolute Gasteiger partial charge is 2.00 e. The summed E-state index contributed by atoms with van der Waals surface area (Å²) in [6.07, 6.45) is 0. The van der Waals surface area contributed by atoms with Gasteiger partial charge in [-0.2, -0.15) is 0 Å². The standard InChI is InChI=1S/Fe.4H3NO3S.Ni/c;4*1-5(2,3)4;/h;4*(H3,1,2,3,4);/q+2;;;;;+2/p-4. The summed E-state index contributed by atoms with van der Waals surface area (Å²) in [4.78, 5) is 0. The van der Waals surface area contributed by atoms with Gasteiger partial charge in [-0.1, -0.05) is 0 Å². The van der Waals surface area contributed by atoms with Crippen LogP contribution in [0.3, 0.4) is 0 Å². The fraction of sp³-hybridized carbons (Fsp3) is 0. The Balaban J connectivity index is -0.0000000376. The van der Waals surface area contributed by atoms with Crippen LogP contribution in [0.5, 0.6) is 0 Å². The number of nitrogens with two attached hydrogens (primary N) is 4. The molecule has 0 radical (unpaired) electrons. The first-order valence-corrected chi connectivity index (χ1v) is 8.83. The monoisotopic (exact) mass is 498 g/mol. The molecule has 8 N–H and O–H groups in total. The molecular formula is H8FeN4NiO12S4. The molecule has 0 bridgehead atoms. The summed E-state index contributed by atoms with van der Waals surface area (Å²) in [7, 11) is -17.7. The van der Waals surface area contributed by atoms with Crippen molar-refractivity contribution in [2.75, 3.05) is 0 Å². The minimum absolute atomic E-state index is 0. The van der Waals surface area contributed by atoms with Crippen molar-refractivity contribution in [3.05, 3.63) is 0 Å². The third-order valence-corrected chi connectivity index (χ3v) is 0. The number of hydrogen-bond acceptors (Lipinski definition) is 12. The Labute approximate surface area is 146 Å². The van der Waals surface area contributed by atoms with Crippen LogP contribution < -0.4 is 20.6 Å². The van der Waals surface area contributed by atoms with E-state index in [4.69, 9.17) is 51.9 Å². The molecule has 0 aromatic heterocycles. The van der Waals surface area contributed by atoms with Gasteiger partial charge in [-0.05, 0) is 0 Å². The zero-order valence-electron chi connectivity index (χ0n) is 9.51. The first-order valence-electron chi connectivity index (χ1n) is 2.94. The molecule has 22 heteroatoms. The minimum Gasteiger partial charge on any atom is -0.736 e.